The Bertz CT molecular complexity index is 1100. The summed E-state index contributed by atoms with van der Waals surface area (Å²) in [6.45, 7) is 3.49. The zero-order valence-electron chi connectivity index (χ0n) is 23.7. The van der Waals surface area contributed by atoms with Gasteiger partial charge in [0.2, 0.25) is 0 Å². The van der Waals surface area contributed by atoms with Crippen LogP contribution in [0.1, 0.15) is 36.5 Å². The molecule has 3 aromatic rings. The fraction of sp³-hybridized carbons (Fsp3) is 0.406. The lowest BCUT2D eigenvalue weighted by Crippen LogP contribution is -2.39. The van der Waals surface area contributed by atoms with Crippen molar-refractivity contribution in [2.45, 2.75) is 37.5 Å². The Labute approximate surface area is 236 Å². The van der Waals surface area contributed by atoms with E-state index in [1.165, 1.54) is 0 Å². The zero-order valence-corrected chi connectivity index (χ0v) is 23.7. The Kier molecular flexibility index (Phi) is 10.0. The van der Waals surface area contributed by atoms with Crippen molar-refractivity contribution in [2.75, 3.05) is 47.6 Å². The first-order chi connectivity index (χ1) is 19.4. The maximum atomic E-state index is 12.2. The van der Waals surface area contributed by atoms with Crippen LogP contribution in [-0.4, -0.2) is 75.8 Å². The summed E-state index contributed by atoms with van der Waals surface area (Å²) in [6, 6.07) is 23.5. The van der Waals surface area contributed by atoms with Gasteiger partial charge < -0.3 is 28.8 Å². The van der Waals surface area contributed by atoms with E-state index in [4.69, 9.17) is 23.7 Å². The lowest BCUT2D eigenvalue weighted by molar-refractivity contribution is -0.144. The molecule has 1 aliphatic heterocycles. The molecule has 1 saturated heterocycles. The van der Waals surface area contributed by atoms with E-state index in [0.717, 1.165) is 33.9 Å². The normalized spacial score (nSPS) is 17.4. The van der Waals surface area contributed by atoms with E-state index in [1.54, 1.807) is 28.3 Å². The number of aliphatic hydroxyl groups excluding tert-OH is 1. The molecule has 0 radical (unpaired) electrons. The minimum Gasteiger partial charge on any atom is -0.497 e. The molecule has 1 aliphatic rings. The third kappa shape index (κ3) is 6.58. The molecule has 8 nitrogen and oxygen atoms in total. The van der Waals surface area contributed by atoms with Crippen LogP contribution in [0.2, 0.25) is 0 Å². The van der Waals surface area contributed by atoms with Crippen molar-refractivity contribution >= 4 is 5.97 Å². The van der Waals surface area contributed by atoms with Crippen LogP contribution < -0.4 is 14.2 Å². The van der Waals surface area contributed by atoms with Gasteiger partial charge in [0.25, 0.3) is 0 Å². The number of ether oxygens (including phenoxy) is 5. The quantitative estimate of drug-likeness (QED) is 0.248. The summed E-state index contributed by atoms with van der Waals surface area (Å²) < 4.78 is 28.4. The maximum Gasteiger partial charge on any atom is 0.307 e. The second-order valence-electron chi connectivity index (χ2n) is 9.76. The van der Waals surface area contributed by atoms with E-state index in [2.05, 4.69) is 4.90 Å². The number of nitrogens with zero attached hydrogens (tertiary/aromatic N) is 1. The number of carbonyl (C=O) groups is 1. The topological polar surface area (TPSA) is 86.7 Å². The predicted octanol–water partition coefficient (Wildman–Crippen LogP) is 4.41. The highest BCUT2D eigenvalue weighted by Crippen LogP contribution is 2.42. The molecule has 8 heteroatoms. The second kappa shape index (κ2) is 13.7. The molecule has 0 unspecified atom stereocenters. The average Bonchev–Trinajstić information content (AvgIpc) is 3.34. The van der Waals surface area contributed by atoms with Gasteiger partial charge in [0.1, 0.15) is 22.8 Å². The van der Waals surface area contributed by atoms with Crippen LogP contribution in [0.15, 0.2) is 72.8 Å². The highest BCUT2D eigenvalue weighted by molar-refractivity contribution is 5.70. The fourth-order valence-electron chi connectivity index (χ4n) is 5.40. The number of benzene rings is 3. The van der Waals surface area contributed by atoms with E-state index in [0.29, 0.717) is 32.7 Å². The first kappa shape index (κ1) is 29.4. The summed E-state index contributed by atoms with van der Waals surface area (Å²) in [6.07, 6.45) is 0.277. The van der Waals surface area contributed by atoms with Gasteiger partial charge in [-0.2, -0.15) is 0 Å². The summed E-state index contributed by atoms with van der Waals surface area (Å²) in [7, 11) is 4.93. The summed E-state index contributed by atoms with van der Waals surface area (Å²) in [4.78, 5) is 14.3. The van der Waals surface area contributed by atoms with Crippen LogP contribution in [0.25, 0.3) is 0 Å². The molecule has 3 aromatic carbocycles. The third-order valence-electron chi connectivity index (χ3n) is 7.40. The first-order valence-electron chi connectivity index (χ1n) is 13.6. The number of esters is 1. The molecular formula is C32H39NO7. The van der Waals surface area contributed by atoms with Gasteiger partial charge >= 0.3 is 5.97 Å². The lowest BCUT2D eigenvalue weighted by Gasteiger charge is -2.37. The number of methoxy groups -OCH3 is 3. The van der Waals surface area contributed by atoms with Crippen molar-refractivity contribution in [3.05, 3.63) is 89.5 Å². The van der Waals surface area contributed by atoms with Crippen LogP contribution in [0.3, 0.4) is 0 Å². The zero-order chi connectivity index (χ0) is 28.5. The summed E-state index contributed by atoms with van der Waals surface area (Å²) in [5, 5.41) is 10.4. The van der Waals surface area contributed by atoms with Gasteiger partial charge in [-0.1, -0.05) is 36.4 Å². The summed E-state index contributed by atoms with van der Waals surface area (Å²) >= 11 is 0. The van der Waals surface area contributed by atoms with Crippen LogP contribution in [0.5, 0.6) is 17.2 Å². The SMILES string of the molecule is CCOC(=O)C[C@H]1C[C@@H](O)CN1CCOC(c1ccc(OC)cc1)(c1ccc(OC)cc1)c1ccc(OC)cc1. The van der Waals surface area contributed by atoms with Crippen LogP contribution in [0.4, 0.5) is 0 Å². The van der Waals surface area contributed by atoms with E-state index in [9.17, 15) is 9.90 Å². The number of hydrogen-bond donors (Lipinski definition) is 1. The van der Waals surface area contributed by atoms with Crippen LogP contribution in [0, 0.1) is 0 Å². The number of β-amino-alcohol motifs (C(OH)–C–C–N with tert-alkyl or cyclic N) is 1. The Balaban J connectivity index is 1.71. The smallest absolute Gasteiger partial charge is 0.307 e. The molecule has 1 N–H and O–H groups in total. The minimum absolute atomic E-state index is 0.102. The van der Waals surface area contributed by atoms with Gasteiger partial charge in [0, 0.05) is 19.1 Å². The molecule has 2 atom stereocenters. The largest absolute Gasteiger partial charge is 0.497 e. The van der Waals surface area contributed by atoms with E-state index >= 15 is 0 Å². The maximum absolute atomic E-state index is 12.2. The van der Waals surface area contributed by atoms with E-state index in [-0.39, 0.29) is 18.4 Å². The third-order valence-corrected chi connectivity index (χ3v) is 7.40. The van der Waals surface area contributed by atoms with Crippen molar-refractivity contribution in [1.82, 2.24) is 4.90 Å². The molecule has 0 saturated carbocycles. The molecule has 0 aliphatic carbocycles. The molecule has 0 spiro atoms. The van der Waals surface area contributed by atoms with E-state index in [1.807, 2.05) is 72.8 Å². The number of rotatable bonds is 13. The Morgan fingerprint density at radius 2 is 1.27 bits per heavy atom. The molecular weight excluding hydrogens is 510 g/mol. The standard InChI is InChI=1S/C32H39NO7/c1-5-39-31(35)21-26-20-27(34)22-33(26)18-19-40-32(23-6-12-28(36-2)13-7-23,24-8-14-29(37-3)15-9-24)25-10-16-30(38-4)17-11-25/h6-17,26-27,34H,5,18-22H2,1-4H3/t26-,27-/m1/s1. The van der Waals surface area contributed by atoms with Crippen molar-refractivity contribution < 1.29 is 33.6 Å². The number of carbonyl (C=O) groups excluding carboxylic acids is 1. The first-order valence-corrected chi connectivity index (χ1v) is 13.6. The van der Waals surface area contributed by atoms with Crippen molar-refractivity contribution in [1.29, 1.82) is 0 Å². The Hall–Kier alpha value is -3.59. The lowest BCUT2D eigenvalue weighted by atomic mass is 9.80. The van der Waals surface area contributed by atoms with Gasteiger partial charge in [-0.15, -0.1) is 0 Å². The Morgan fingerprint density at radius 3 is 1.68 bits per heavy atom. The highest BCUT2D eigenvalue weighted by Gasteiger charge is 2.39. The molecule has 1 heterocycles. The Morgan fingerprint density at radius 1 is 0.825 bits per heavy atom. The fourth-order valence-corrected chi connectivity index (χ4v) is 5.40. The average molecular weight is 550 g/mol. The molecule has 4 rings (SSSR count). The van der Waals surface area contributed by atoms with Gasteiger partial charge in [-0.05, 0) is 66.4 Å². The van der Waals surface area contributed by atoms with Gasteiger partial charge in [0.05, 0.1) is 47.1 Å². The van der Waals surface area contributed by atoms with Crippen molar-refractivity contribution in [3.8, 4) is 17.2 Å². The number of aliphatic hydroxyl groups is 1. The van der Waals surface area contributed by atoms with Crippen LogP contribution >= 0.6 is 0 Å². The molecule has 40 heavy (non-hydrogen) atoms. The monoisotopic (exact) mass is 549 g/mol. The molecule has 0 bridgehead atoms. The van der Waals surface area contributed by atoms with E-state index < -0.39 is 11.7 Å². The molecule has 1 fully saturated rings. The molecule has 214 valence electrons. The van der Waals surface area contributed by atoms with Gasteiger partial charge in [0.15, 0.2) is 0 Å². The highest BCUT2D eigenvalue weighted by atomic mass is 16.5. The van der Waals surface area contributed by atoms with Gasteiger partial charge in [-0.25, -0.2) is 0 Å². The van der Waals surface area contributed by atoms with Crippen molar-refractivity contribution in [2.24, 2.45) is 0 Å². The summed E-state index contributed by atoms with van der Waals surface area (Å²) in [5.41, 5.74) is 1.80. The number of hydrogen-bond acceptors (Lipinski definition) is 8. The van der Waals surface area contributed by atoms with Crippen molar-refractivity contribution in [3.63, 3.8) is 0 Å². The summed E-state index contributed by atoms with van der Waals surface area (Å²) in [5.74, 6) is 1.98. The number of likely N-dealkylation sites (tertiary alicyclic amines) is 1. The second-order valence-corrected chi connectivity index (χ2v) is 9.76. The molecule has 0 aromatic heterocycles. The van der Waals surface area contributed by atoms with Gasteiger partial charge in [-0.3, -0.25) is 9.69 Å². The molecule has 0 amide bonds. The van der Waals surface area contributed by atoms with Crippen LogP contribution in [-0.2, 0) is 19.9 Å². The minimum atomic E-state index is -0.972. The predicted molar refractivity (Wildman–Crippen MR) is 152 cm³/mol.